The van der Waals surface area contributed by atoms with Gasteiger partial charge in [0, 0.05) is 30.8 Å². The number of amides is 2. The molecule has 2 heterocycles. The van der Waals surface area contributed by atoms with Crippen molar-refractivity contribution in [1.82, 2.24) is 19.2 Å². The molecular formula is C21H30N6O4. The van der Waals surface area contributed by atoms with Gasteiger partial charge in [-0.15, -0.1) is 0 Å². The molecule has 0 unspecified atom stereocenters. The zero-order valence-electron chi connectivity index (χ0n) is 18.0. The standard InChI is InChI=1S/C21H30N6O4/c1-3-26-20(24-27(21(26)30)12-13-31-2)16-8-10-25(11-9-16)14-18(28)23-17-6-4-15(5-7-17)19(22)29/h4-7,16H,3,8-14H2,1-2H3,(H2,22,29)(H,23,28). The lowest BCUT2D eigenvalue weighted by Crippen LogP contribution is -2.39. The van der Waals surface area contributed by atoms with Crippen LogP contribution in [0.5, 0.6) is 0 Å². The fourth-order valence-electron chi connectivity index (χ4n) is 3.85. The van der Waals surface area contributed by atoms with Crippen molar-refractivity contribution in [3.8, 4) is 0 Å². The number of methoxy groups -OCH3 is 1. The van der Waals surface area contributed by atoms with E-state index in [1.165, 1.54) is 4.68 Å². The van der Waals surface area contributed by atoms with Crippen LogP contribution >= 0.6 is 0 Å². The fraction of sp³-hybridized carbons (Fsp3) is 0.524. The summed E-state index contributed by atoms with van der Waals surface area (Å²) in [5.41, 5.74) is 6.15. The minimum absolute atomic E-state index is 0.0984. The molecule has 2 amide bonds. The third-order valence-corrected chi connectivity index (χ3v) is 5.55. The predicted molar refractivity (Wildman–Crippen MR) is 116 cm³/mol. The molecule has 0 spiro atoms. The van der Waals surface area contributed by atoms with E-state index in [-0.39, 0.29) is 24.1 Å². The van der Waals surface area contributed by atoms with E-state index in [1.807, 2.05) is 6.92 Å². The molecule has 0 aliphatic carbocycles. The number of rotatable bonds is 9. The lowest BCUT2D eigenvalue weighted by atomic mass is 9.96. The van der Waals surface area contributed by atoms with Crippen LogP contribution in [0.25, 0.3) is 0 Å². The summed E-state index contributed by atoms with van der Waals surface area (Å²) in [6, 6.07) is 6.49. The lowest BCUT2D eigenvalue weighted by Gasteiger charge is -2.30. The van der Waals surface area contributed by atoms with E-state index >= 15 is 0 Å². The van der Waals surface area contributed by atoms with Crippen LogP contribution in [0.2, 0.25) is 0 Å². The number of hydrogen-bond donors (Lipinski definition) is 2. The van der Waals surface area contributed by atoms with Gasteiger partial charge in [0.05, 0.1) is 19.7 Å². The SMILES string of the molecule is CCn1c(C2CCN(CC(=O)Nc3ccc(C(N)=O)cc3)CC2)nn(CCOC)c1=O. The van der Waals surface area contributed by atoms with Gasteiger partial charge in [0.25, 0.3) is 0 Å². The largest absolute Gasteiger partial charge is 0.383 e. The minimum atomic E-state index is -0.502. The molecule has 0 atom stereocenters. The Kier molecular flexibility index (Phi) is 7.59. The summed E-state index contributed by atoms with van der Waals surface area (Å²) < 4.78 is 8.28. The summed E-state index contributed by atoms with van der Waals surface area (Å²) in [5, 5.41) is 7.40. The highest BCUT2D eigenvalue weighted by molar-refractivity contribution is 5.95. The molecule has 1 aliphatic heterocycles. The Morgan fingerprint density at radius 3 is 2.48 bits per heavy atom. The maximum Gasteiger partial charge on any atom is 0.345 e. The van der Waals surface area contributed by atoms with Crippen LogP contribution in [-0.4, -0.2) is 64.4 Å². The van der Waals surface area contributed by atoms with Gasteiger partial charge in [0.2, 0.25) is 11.8 Å². The monoisotopic (exact) mass is 430 g/mol. The highest BCUT2D eigenvalue weighted by atomic mass is 16.5. The van der Waals surface area contributed by atoms with Crippen LogP contribution in [0.3, 0.4) is 0 Å². The van der Waals surface area contributed by atoms with Crippen LogP contribution in [0.1, 0.15) is 41.9 Å². The smallest absolute Gasteiger partial charge is 0.345 e. The zero-order valence-corrected chi connectivity index (χ0v) is 18.0. The van der Waals surface area contributed by atoms with Crippen molar-refractivity contribution in [2.24, 2.45) is 5.73 Å². The minimum Gasteiger partial charge on any atom is -0.383 e. The van der Waals surface area contributed by atoms with Crippen molar-refractivity contribution in [3.05, 3.63) is 46.1 Å². The summed E-state index contributed by atoms with van der Waals surface area (Å²) in [6.45, 7) is 5.20. The second-order valence-electron chi connectivity index (χ2n) is 7.64. The van der Waals surface area contributed by atoms with E-state index in [4.69, 9.17) is 10.5 Å². The number of carbonyl (C=O) groups excluding carboxylic acids is 2. The molecule has 10 heteroatoms. The highest BCUT2D eigenvalue weighted by Crippen LogP contribution is 2.26. The molecule has 0 saturated carbocycles. The molecule has 3 N–H and O–H groups in total. The normalized spacial score (nSPS) is 15.2. The van der Waals surface area contributed by atoms with Crippen molar-refractivity contribution in [2.75, 3.05) is 38.7 Å². The number of likely N-dealkylation sites (tertiary alicyclic amines) is 1. The van der Waals surface area contributed by atoms with E-state index in [0.29, 0.717) is 30.9 Å². The highest BCUT2D eigenvalue weighted by Gasteiger charge is 2.27. The lowest BCUT2D eigenvalue weighted by molar-refractivity contribution is -0.117. The first-order valence-electron chi connectivity index (χ1n) is 10.5. The number of nitrogens with zero attached hydrogens (tertiary/aromatic N) is 4. The van der Waals surface area contributed by atoms with Crippen LogP contribution in [0.4, 0.5) is 5.69 Å². The quantitative estimate of drug-likeness (QED) is 0.601. The third-order valence-electron chi connectivity index (χ3n) is 5.55. The molecule has 1 aliphatic rings. The Bertz CT molecular complexity index is 957. The average molecular weight is 431 g/mol. The van der Waals surface area contributed by atoms with Gasteiger partial charge in [-0.3, -0.25) is 19.1 Å². The van der Waals surface area contributed by atoms with E-state index in [0.717, 1.165) is 31.8 Å². The topological polar surface area (TPSA) is 124 Å². The molecule has 1 saturated heterocycles. The Morgan fingerprint density at radius 2 is 1.90 bits per heavy atom. The molecule has 1 aromatic carbocycles. The summed E-state index contributed by atoms with van der Waals surface area (Å²) in [4.78, 5) is 38.1. The van der Waals surface area contributed by atoms with E-state index in [9.17, 15) is 14.4 Å². The zero-order chi connectivity index (χ0) is 22.4. The van der Waals surface area contributed by atoms with Crippen LogP contribution in [0.15, 0.2) is 29.1 Å². The van der Waals surface area contributed by atoms with E-state index in [1.54, 1.807) is 35.9 Å². The van der Waals surface area contributed by atoms with Crippen molar-refractivity contribution in [2.45, 2.75) is 38.8 Å². The molecule has 31 heavy (non-hydrogen) atoms. The summed E-state index contributed by atoms with van der Waals surface area (Å²) in [7, 11) is 1.60. The first-order chi connectivity index (χ1) is 14.9. The molecule has 2 aromatic rings. The van der Waals surface area contributed by atoms with Gasteiger partial charge < -0.3 is 15.8 Å². The molecule has 1 aromatic heterocycles. The molecule has 3 rings (SSSR count). The van der Waals surface area contributed by atoms with Gasteiger partial charge in [0.15, 0.2) is 0 Å². The van der Waals surface area contributed by atoms with Crippen LogP contribution < -0.4 is 16.7 Å². The molecular weight excluding hydrogens is 400 g/mol. The van der Waals surface area contributed by atoms with E-state index in [2.05, 4.69) is 15.3 Å². The number of nitrogens with one attached hydrogen (secondary N) is 1. The number of anilines is 1. The maximum atomic E-state index is 12.5. The Labute approximate surface area is 181 Å². The second kappa shape index (κ2) is 10.4. The van der Waals surface area contributed by atoms with Crippen molar-refractivity contribution in [3.63, 3.8) is 0 Å². The molecule has 168 valence electrons. The Balaban J connectivity index is 1.54. The molecule has 10 nitrogen and oxygen atoms in total. The van der Waals surface area contributed by atoms with Crippen molar-refractivity contribution >= 4 is 17.5 Å². The number of hydrogen-bond acceptors (Lipinski definition) is 6. The second-order valence-corrected chi connectivity index (χ2v) is 7.64. The molecule has 1 fully saturated rings. The average Bonchev–Trinajstić information content (AvgIpc) is 3.08. The first-order valence-corrected chi connectivity index (χ1v) is 10.5. The van der Waals surface area contributed by atoms with E-state index < -0.39 is 5.91 Å². The third kappa shape index (κ3) is 5.59. The number of primary amides is 1. The number of piperidine rings is 1. The van der Waals surface area contributed by atoms with Gasteiger partial charge in [0.1, 0.15) is 5.82 Å². The van der Waals surface area contributed by atoms with Crippen molar-refractivity contribution in [1.29, 1.82) is 0 Å². The van der Waals surface area contributed by atoms with Crippen LogP contribution in [0, 0.1) is 0 Å². The van der Waals surface area contributed by atoms with Crippen molar-refractivity contribution < 1.29 is 14.3 Å². The van der Waals surface area contributed by atoms with Crippen LogP contribution in [-0.2, 0) is 22.6 Å². The molecule has 0 radical (unpaired) electrons. The number of nitrogens with two attached hydrogens (primary N) is 1. The van der Waals surface area contributed by atoms with Gasteiger partial charge in [-0.05, 0) is 57.1 Å². The maximum absolute atomic E-state index is 12.5. The fourth-order valence-corrected chi connectivity index (χ4v) is 3.85. The first kappa shape index (κ1) is 22.7. The summed E-state index contributed by atoms with van der Waals surface area (Å²) in [6.07, 6.45) is 1.67. The van der Waals surface area contributed by atoms with Gasteiger partial charge in [-0.25, -0.2) is 9.48 Å². The number of ether oxygens (including phenoxy) is 1. The number of aromatic nitrogens is 3. The Hall–Kier alpha value is -2.98. The Morgan fingerprint density at radius 1 is 1.23 bits per heavy atom. The predicted octanol–water partition coefficient (Wildman–Crippen LogP) is 0.628. The summed E-state index contributed by atoms with van der Waals surface area (Å²) in [5.74, 6) is 0.400. The number of benzene rings is 1. The number of carbonyl (C=O) groups is 2. The van der Waals surface area contributed by atoms with Gasteiger partial charge in [-0.2, -0.15) is 5.10 Å². The van der Waals surface area contributed by atoms with Gasteiger partial charge in [-0.1, -0.05) is 0 Å². The van der Waals surface area contributed by atoms with Gasteiger partial charge >= 0.3 is 5.69 Å². The molecule has 0 bridgehead atoms. The summed E-state index contributed by atoms with van der Waals surface area (Å²) >= 11 is 0.